The van der Waals surface area contributed by atoms with E-state index < -0.39 is 0 Å². The summed E-state index contributed by atoms with van der Waals surface area (Å²) in [7, 11) is 0. The molecule has 0 amide bonds. The van der Waals surface area contributed by atoms with Crippen molar-refractivity contribution in [2.24, 2.45) is 16.6 Å². The molecule has 0 aliphatic heterocycles. The highest BCUT2D eigenvalue weighted by Gasteiger charge is 2.65. The highest BCUT2D eigenvalue weighted by Crippen LogP contribution is 2.74. The smallest absolute Gasteiger partial charge is 0.00199 e. The van der Waals surface area contributed by atoms with Gasteiger partial charge in [0, 0.05) is 0 Å². The molecular weight excluding hydrogens is 134 g/mol. The van der Waals surface area contributed by atoms with Crippen molar-refractivity contribution in [2.45, 2.75) is 45.4 Å². The Hall–Kier alpha value is -0.0400. The van der Waals surface area contributed by atoms with Gasteiger partial charge in [-0.3, -0.25) is 0 Å². The average Bonchev–Trinajstić information content (AvgIpc) is 1.83. The summed E-state index contributed by atoms with van der Waals surface area (Å²) < 4.78 is 0. The van der Waals surface area contributed by atoms with Gasteiger partial charge < -0.3 is 5.73 Å². The maximum absolute atomic E-state index is 5.69. The normalized spacial score (nSPS) is 46.4. The van der Waals surface area contributed by atoms with Crippen LogP contribution in [0, 0.1) is 10.8 Å². The van der Waals surface area contributed by atoms with Gasteiger partial charge >= 0.3 is 0 Å². The number of nitrogens with two attached hydrogens (primary N) is 1. The van der Waals surface area contributed by atoms with Crippen molar-refractivity contribution in [1.82, 2.24) is 0 Å². The molecule has 1 heteroatoms. The molecule has 0 saturated heterocycles. The summed E-state index contributed by atoms with van der Waals surface area (Å²) in [5.41, 5.74) is 7.14. The summed E-state index contributed by atoms with van der Waals surface area (Å²) in [4.78, 5) is 0. The topological polar surface area (TPSA) is 26.0 Å². The molecule has 0 unspecified atom stereocenters. The summed E-state index contributed by atoms with van der Waals surface area (Å²) in [5, 5.41) is 0. The molecule has 0 spiro atoms. The van der Waals surface area contributed by atoms with Gasteiger partial charge in [0.25, 0.3) is 0 Å². The van der Waals surface area contributed by atoms with Crippen LogP contribution in [-0.4, -0.2) is 6.54 Å². The lowest BCUT2D eigenvalue weighted by Gasteiger charge is -2.71. The van der Waals surface area contributed by atoms with E-state index in [9.17, 15) is 0 Å². The summed E-state index contributed by atoms with van der Waals surface area (Å²) in [6.45, 7) is 3.23. The number of rotatable bonds is 4. The number of hydrogen-bond acceptors (Lipinski definition) is 1. The van der Waals surface area contributed by atoms with Crippen LogP contribution in [0.1, 0.15) is 45.4 Å². The lowest BCUT2D eigenvalue weighted by molar-refractivity contribution is -0.200. The largest absolute Gasteiger partial charge is 0.330 e. The Kier molecular flexibility index (Phi) is 1.54. The first-order valence-corrected chi connectivity index (χ1v) is 4.94. The van der Waals surface area contributed by atoms with Gasteiger partial charge in [-0.15, -0.1) is 0 Å². The number of unbranched alkanes of at least 4 members (excludes halogenated alkanes) is 1. The van der Waals surface area contributed by atoms with Crippen LogP contribution in [0.25, 0.3) is 0 Å². The van der Waals surface area contributed by atoms with Gasteiger partial charge in [0.15, 0.2) is 0 Å². The minimum atomic E-state index is 0.647. The van der Waals surface area contributed by atoms with Crippen LogP contribution >= 0.6 is 0 Å². The average molecular weight is 153 g/mol. The third-order valence-corrected chi connectivity index (χ3v) is 3.74. The monoisotopic (exact) mass is 153 g/mol. The lowest BCUT2D eigenvalue weighted by Crippen LogP contribution is -2.64. The highest BCUT2D eigenvalue weighted by molar-refractivity contribution is 5.16. The predicted octanol–water partition coefficient (Wildman–Crippen LogP) is 2.31. The molecule has 0 aromatic carbocycles. The molecular formula is C10H19N. The van der Waals surface area contributed by atoms with E-state index in [1.165, 1.54) is 38.5 Å². The predicted molar refractivity (Wildman–Crippen MR) is 47.3 cm³/mol. The van der Waals surface area contributed by atoms with Crippen LogP contribution in [0.15, 0.2) is 0 Å². The van der Waals surface area contributed by atoms with Gasteiger partial charge in [-0.05, 0) is 43.1 Å². The lowest BCUT2D eigenvalue weighted by atomic mass is 9.34. The van der Waals surface area contributed by atoms with Crippen molar-refractivity contribution >= 4 is 0 Å². The second-order valence-electron chi connectivity index (χ2n) is 4.84. The second kappa shape index (κ2) is 2.22. The minimum Gasteiger partial charge on any atom is -0.330 e. The summed E-state index contributed by atoms with van der Waals surface area (Å²) in [6.07, 6.45) is 8.63. The molecule has 3 rings (SSSR count). The van der Waals surface area contributed by atoms with E-state index in [1.54, 1.807) is 0 Å². The highest BCUT2D eigenvalue weighted by atomic mass is 14.8. The molecule has 1 nitrogen and oxygen atoms in total. The van der Waals surface area contributed by atoms with E-state index in [2.05, 4.69) is 6.92 Å². The maximum Gasteiger partial charge on any atom is -0.00199 e. The molecule has 0 aromatic heterocycles. The molecule has 2 N–H and O–H groups in total. The molecule has 64 valence electrons. The first-order valence-electron chi connectivity index (χ1n) is 4.94. The summed E-state index contributed by atoms with van der Waals surface area (Å²) >= 11 is 0. The Labute approximate surface area is 69.4 Å². The van der Waals surface area contributed by atoms with Gasteiger partial charge in [-0.2, -0.15) is 0 Å². The third kappa shape index (κ3) is 0.936. The first kappa shape index (κ1) is 7.60. The molecule has 0 radical (unpaired) electrons. The van der Waals surface area contributed by atoms with E-state index in [0.29, 0.717) is 5.41 Å². The van der Waals surface area contributed by atoms with Gasteiger partial charge in [0.1, 0.15) is 0 Å². The zero-order valence-corrected chi connectivity index (χ0v) is 7.53. The minimum absolute atomic E-state index is 0.647. The first-order chi connectivity index (χ1) is 5.24. The van der Waals surface area contributed by atoms with Crippen molar-refractivity contribution in [2.75, 3.05) is 6.54 Å². The van der Waals surface area contributed by atoms with Gasteiger partial charge in [-0.25, -0.2) is 0 Å². The fraction of sp³-hybridized carbons (Fsp3) is 1.00. The van der Waals surface area contributed by atoms with E-state index in [0.717, 1.165) is 12.0 Å². The molecule has 2 bridgehead atoms. The van der Waals surface area contributed by atoms with E-state index >= 15 is 0 Å². The molecule has 3 saturated carbocycles. The van der Waals surface area contributed by atoms with Crippen LogP contribution in [0.4, 0.5) is 0 Å². The van der Waals surface area contributed by atoms with Crippen molar-refractivity contribution in [3.8, 4) is 0 Å². The standard InChI is InChI=1S/C10H19N/c1-2-3-4-9-5-10(6-9,7-9)8-11/h2-8,11H2,1H3. The van der Waals surface area contributed by atoms with Crippen molar-refractivity contribution < 1.29 is 0 Å². The van der Waals surface area contributed by atoms with Crippen molar-refractivity contribution in [3.05, 3.63) is 0 Å². The van der Waals surface area contributed by atoms with Crippen molar-refractivity contribution in [1.29, 1.82) is 0 Å². The van der Waals surface area contributed by atoms with Crippen LogP contribution in [0.5, 0.6) is 0 Å². The molecule has 11 heavy (non-hydrogen) atoms. The Morgan fingerprint density at radius 1 is 1.18 bits per heavy atom. The summed E-state index contributed by atoms with van der Waals surface area (Å²) in [5.74, 6) is 0. The fourth-order valence-corrected chi connectivity index (χ4v) is 3.26. The molecule has 3 aliphatic rings. The molecule has 0 heterocycles. The van der Waals surface area contributed by atoms with Crippen molar-refractivity contribution in [3.63, 3.8) is 0 Å². The molecule has 3 aliphatic carbocycles. The third-order valence-electron chi connectivity index (χ3n) is 3.74. The molecule has 0 aromatic rings. The van der Waals surface area contributed by atoms with Gasteiger partial charge in [-0.1, -0.05) is 19.8 Å². The zero-order chi connectivity index (χ0) is 7.95. The Morgan fingerprint density at radius 2 is 1.82 bits per heavy atom. The van der Waals surface area contributed by atoms with Crippen LogP contribution < -0.4 is 5.73 Å². The van der Waals surface area contributed by atoms with Gasteiger partial charge in [0.05, 0.1) is 0 Å². The Bertz CT molecular complexity index is 136. The fourth-order valence-electron chi connectivity index (χ4n) is 3.26. The van der Waals surface area contributed by atoms with Crippen LogP contribution in [-0.2, 0) is 0 Å². The quantitative estimate of drug-likeness (QED) is 0.659. The van der Waals surface area contributed by atoms with Crippen LogP contribution in [0.2, 0.25) is 0 Å². The molecule has 0 atom stereocenters. The van der Waals surface area contributed by atoms with E-state index in [-0.39, 0.29) is 0 Å². The van der Waals surface area contributed by atoms with Crippen LogP contribution in [0.3, 0.4) is 0 Å². The maximum atomic E-state index is 5.69. The van der Waals surface area contributed by atoms with E-state index in [4.69, 9.17) is 5.73 Å². The van der Waals surface area contributed by atoms with E-state index in [1.807, 2.05) is 0 Å². The Morgan fingerprint density at radius 3 is 2.27 bits per heavy atom. The SMILES string of the molecule is CCCCC12CC(CN)(C1)C2. The zero-order valence-electron chi connectivity index (χ0n) is 7.53. The van der Waals surface area contributed by atoms with Gasteiger partial charge in [0.2, 0.25) is 0 Å². The Balaban J connectivity index is 1.76. The number of hydrogen-bond donors (Lipinski definition) is 1. The molecule has 3 fully saturated rings. The second-order valence-corrected chi connectivity index (χ2v) is 4.84. The summed E-state index contributed by atoms with van der Waals surface area (Å²) in [6, 6.07) is 0.